The van der Waals surface area contributed by atoms with Gasteiger partial charge in [-0.25, -0.2) is 4.79 Å². The normalized spacial score (nSPS) is 19.9. The molecule has 0 aromatic rings. The fourth-order valence-electron chi connectivity index (χ4n) is 1.06. The first-order valence-electron chi connectivity index (χ1n) is 4.03. The van der Waals surface area contributed by atoms with Crippen LogP contribution in [0.1, 0.15) is 0 Å². The van der Waals surface area contributed by atoms with Gasteiger partial charge in [0, 0.05) is 6.54 Å². The van der Waals surface area contributed by atoms with Gasteiger partial charge in [0.05, 0.1) is 6.54 Å². The highest BCUT2D eigenvalue weighted by Gasteiger charge is 2.34. The van der Waals surface area contributed by atoms with E-state index in [9.17, 15) is 19.7 Å². The Bertz CT molecular complexity index is 293. The maximum Gasteiger partial charge on any atom is 0.410 e. The smallest absolute Gasteiger partial charge is 0.410 e. The number of nitrogens with two attached hydrogens (primary N) is 1. The zero-order valence-electron chi connectivity index (χ0n) is 7.62. The first-order valence-corrected chi connectivity index (χ1v) is 4.03. The topological polar surface area (TPSA) is 125 Å². The van der Waals surface area contributed by atoms with Crippen LogP contribution in [-0.4, -0.2) is 47.8 Å². The molecule has 1 saturated heterocycles. The van der Waals surface area contributed by atoms with Gasteiger partial charge in [-0.3, -0.25) is 4.79 Å². The van der Waals surface area contributed by atoms with Crippen molar-refractivity contribution < 1.29 is 24.3 Å². The van der Waals surface area contributed by atoms with Crippen molar-refractivity contribution in [3.05, 3.63) is 10.1 Å². The van der Waals surface area contributed by atoms with Crippen LogP contribution in [0.2, 0.25) is 0 Å². The molecule has 0 saturated carbocycles. The van der Waals surface area contributed by atoms with E-state index in [1.165, 1.54) is 0 Å². The summed E-state index contributed by atoms with van der Waals surface area (Å²) in [5.74, 6) is -0.749. The number of hydrogen-bond acceptors (Lipinski definition) is 6. The molecule has 0 radical (unpaired) electrons. The van der Waals surface area contributed by atoms with E-state index in [-0.39, 0.29) is 19.7 Å². The Kier molecular flexibility index (Phi) is 3.26. The summed E-state index contributed by atoms with van der Waals surface area (Å²) in [6.45, 7) is -0.299. The molecule has 1 aliphatic rings. The van der Waals surface area contributed by atoms with Gasteiger partial charge >= 0.3 is 6.09 Å². The van der Waals surface area contributed by atoms with E-state index in [2.05, 4.69) is 9.57 Å². The van der Waals surface area contributed by atoms with Crippen molar-refractivity contribution in [2.75, 3.05) is 19.7 Å². The van der Waals surface area contributed by atoms with Crippen LogP contribution in [0.3, 0.4) is 0 Å². The number of carbonyl (C=O) groups is 2. The summed E-state index contributed by atoms with van der Waals surface area (Å²) in [6, 6.07) is 0. The van der Waals surface area contributed by atoms with Gasteiger partial charge in [0.25, 0.3) is 11.0 Å². The van der Waals surface area contributed by atoms with Gasteiger partial charge in [-0.1, -0.05) is 0 Å². The average molecular weight is 219 g/mol. The quantitative estimate of drug-likeness (QED) is 0.443. The van der Waals surface area contributed by atoms with E-state index < -0.39 is 23.2 Å². The Hall–Kier alpha value is -2.06. The second kappa shape index (κ2) is 4.44. The van der Waals surface area contributed by atoms with Crippen LogP contribution in [0, 0.1) is 10.1 Å². The molecule has 2 amide bonds. The van der Waals surface area contributed by atoms with Crippen LogP contribution in [0.5, 0.6) is 0 Å². The molecule has 9 heteroatoms. The number of amides is 2. The lowest BCUT2D eigenvalue weighted by Crippen LogP contribution is -2.34. The lowest BCUT2D eigenvalue weighted by atomic mass is 10.3. The van der Waals surface area contributed by atoms with E-state index >= 15 is 0 Å². The molecule has 1 heterocycles. The van der Waals surface area contributed by atoms with Crippen LogP contribution < -0.4 is 5.73 Å². The molecular weight excluding hydrogens is 210 g/mol. The minimum absolute atomic E-state index is 0.00472. The predicted octanol–water partition coefficient (Wildman–Crippen LogP) is -1.50. The van der Waals surface area contributed by atoms with Gasteiger partial charge in [0.2, 0.25) is 0 Å². The van der Waals surface area contributed by atoms with Crippen molar-refractivity contribution in [3.8, 4) is 0 Å². The molecule has 0 aromatic carbocycles. The third-order valence-corrected chi connectivity index (χ3v) is 1.76. The van der Waals surface area contributed by atoms with Gasteiger partial charge in [0.15, 0.2) is 6.10 Å². The highest BCUT2D eigenvalue weighted by atomic mass is 16.9. The second-order valence-corrected chi connectivity index (χ2v) is 2.78. The van der Waals surface area contributed by atoms with Gasteiger partial charge in [-0.2, -0.15) is 0 Å². The van der Waals surface area contributed by atoms with E-state index in [1.807, 2.05) is 0 Å². The van der Waals surface area contributed by atoms with Crippen LogP contribution in [0.15, 0.2) is 0 Å². The first-order chi connectivity index (χ1) is 7.00. The summed E-state index contributed by atoms with van der Waals surface area (Å²) < 4.78 is 4.58. The molecule has 1 aliphatic heterocycles. The van der Waals surface area contributed by atoms with Crippen molar-refractivity contribution >= 4 is 12.0 Å². The number of hydrogen-bond donors (Lipinski definition) is 1. The van der Waals surface area contributed by atoms with Crippen LogP contribution >= 0.6 is 0 Å². The zero-order chi connectivity index (χ0) is 11.4. The Morgan fingerprint density at radius 2 is 2.47 bits per heavy atom. The molecule has 15 heavy (non-hydrogen) atoms. The maximum atomic E-state index is 11.0. The third-order valence-electron chi connectivity index (χ3n) is 1.76. The Balaban J connectivity index is 2.34. The van der Waals surface area contributed by atoms with E-state index in [0.29, 0.717) is 0 Å². The highest BCUT2D eigenvalue weighted by Crippen LogP contribution is 2.09. The first kappa shape index (κ1) is 11.0. The summed E-state index contributed by atoms with van der Waals surface area (Å²) in [6.07, 6.45) is -1.72. The number of nitrogens with zero attached hydrogens (tertiary/aromatic N) is 2. The Labute approximate surface area is 83.8 Å². The van der Waals surface area contributed by atoms with E-state index in [1.54, 1.807) is 0 Å². The summed E-state index contributed by atoms with van der Waals surface area (Å²) in [7, 11) is 0. The van der Waals surface area contributed by atoms with Gasteiger partial charge in [0.1, 0.15) is 6.61 Å². The molecule has 0 spiro atoms. The average Bonchev–Trinajstić information content (AvgIpc) is 2.47. The lowest BCUT2D eigenvalue weighted by Gasteiger charge is -2.10. The molecule has 1 fully saturated rings. The molecular formula is C6H9N3O6. The number of primary amides is 1. The molecule has 0 aromatic heterocycles. The van der Waals surface area contributed by atoms with Crippen LogP contribution in [0.4, 0.5) is 4.79 Å². The molecule has 0 bridgehead atoms. The third kappa shape index (κ3) is 2.97. The maximum absolute atomic E-state index is 11.0. The second-order valence-electron chi connectivity index (χ2n) is 2.78. The standard InChI is InChI=1S/C6H9N3O6/c7-5(10)4-3-8(6(11)15-4)1-2-14-9(12)13/h4H,1-3H2,(H2,7,10)/t4-/m0/s1. The fraction of sp³-hybridized carbons (Fsp3) is 0.667. The predicted molar refractivity (Wildman–Crippen MR) is 44.0 cm³/mol. The van der Waals surface area contributed by atoms with Crippen molar-refractivity contribution in [1.82, 2.24) is 4.90 Å². The van der Waals surface area contributed by atoms with Crippen LogP contribution in [0.25, 0.3) is 0 Å². The number of rotatable bonds is 5. The Morgan fingerprint density at radius 3 is 2.93 bits per heavy atom. The Morgan fingerprint density at radius 1 is 1.80 bits per heavy atom. The molecule has 84 valence electrons. The van der Waals surface area contributed by atoms with E-state index in [0.717, 1.165) is 4.90 Å². The van der Waals surface area contributed by atoms with Crippen molar-refractivity contribution in [2.24, 2.45) is 5.73 Å². The minimum Gasteiger partial charge on any atom is -0.434 e. The molecule has 9 nitrogen and oxygen atoms in total. The van der Waals surface area contributed by atoms with Gasteiger partial charge in [-0.15, -0.1) is 10.1 Å². The summed E-state index contributed by atoms with van der Waals surface area (Å²) in [5.41, 5.74) is 4.92. The lowest BCUT2D eigenvalue weighted by molar-refractivity contribution is -0.757. The molecule has 1 rings (SSSR count). The fourth-order valence-corrected chi connectivity index (χ4v) is 1.06. The summed E-state index contributed by atoms with van der Waals surface area (Å²) >= 11 is 0. The number of cyclic esters (lactones) is 1. The molecule has 1 atom stereocenters. The SMILES string of the molecule is NC(=O)[C@@H]1CN(CCO[N+](=O)[O-])C(=O)O1. The summed E-state index contributed by atoms with van der Waals surface area (Å²) in [4.78, 5) is 36.6. The highest BCUT2D eigenvalue weighted by molar-refractivity contribution is 5.84. The molecule has 0 aliphatic carbocycles. The monoisotopic (exact) mass is 219 g/mol. The van der Waals surface area contributed by atoms with Crippen molar-refractivity contribution in [1.29, 1.82) is 0 Å². The molecule has 2 N–H and O–H groups in total. The number of carbonyl (C=O) groups excluding carboxylic acids is 2. The molecule has 0 unspecified atom stereocenters. The van der Waals surface area contributed by atoms with Gasteiger partial charge < -0.3 is 20.2 Å². The van der Waals surface area contributed by atoms with Crippen LogP contribution in [-0.2, 0) is 14.4 Å². The zero-order valence-corrected chi connectivity index (χ0v) is 7.62. The largest absolute Gasteiger partial charge is 0.434 e. The van der Waals surface area contributed by atoms with Crippen molar-refractivity contribution in [3.63, 3.8) is 0 Å². The summed E-state index contributed by atoms with van der Waals surface area (Å²) in [5, 5.41) is 8.84. The van der Waals surface area contributed by atoms with Crippen molar-refractivity contribution in [2.45, 2.75) is 6.10 Å². The number of ether oxygens (including phenoxy) is 1. The minimum atomic E-state index is -0.992. The van der Waals surface area contributed by atoms with Gasteiger partial charge in [-0.05, 0) is 0 Å². The van der Waals surface area contributed by atoms with E-state index in [4.69, 9.17) is 5.73 Å².